The van der Waals surface area contributed by atoms with Crippen LogP contribution in [0.25, 0.3) is 0 Å². The first-order chi connectivity index (χ1) is 4.61. The van der Waals surface area contributed by atoms with Crippen molar-refractivity contribution in [3.8, 4) is 0 Å². The summed E-state index contributed by atoms with van der Waals surface area (Å²) >= 11 is 0. The third-order valence-electron chi connectivity index (χ3n) is 2.75. The van der Waals surface area contributed by atoms with Crippen LogP contribution in [0.4, 0.5) is 0 Å². The molecule has 3 atom stereocenters. The molecule has 0 spiro atoms. The summed E-state index contributed by atoms with van der Waals surface area (Å²) in [6.07, 6.45) is 2.92. The van der Waals surface area contributed by atoms with Gasteiger partial charge in [-0.05, 0) is 36.5 Å². The van der Waals surface area contributed by atoms with Crippen molar-refractivity contribution in [2.24, 2.45) is 23.7 Å². The van der Waals surface area contributed by atoms with Gasteiger partial charge in [-0.2, -0.15) is 0 Å². The fraction of sp³-hybridized carbons (Fsp3) is 1.00. The van der Waals surface area contributed by atoms with Gasteiger partial charge in [-0.25, -0.2) is 0 Å². The lowest BCUT2D eigenvalue weighted by molar-refractivity contribution is 0.385. The molecule has 10 heavy (non-hydrogen) atoms. The Morgan fingerprint density at radius 2 is 1.80 bits per heavy atom. The molecule has 3 unspecified atom stereocenters. The zero-order valence-corrected chi connectivity index (χ0v) is 7.72. The predicted molar refractivity (Wildman–Crippen MR) is 45.9 cm³/mol. The van der Waals surface area contributed by atoms with Gasteiger partial charge in [0.2, 0.25) is 0 Å². The minimum absolute atomic E-state index is 0.891. The molecule has 60 valence electrons. The Kier molecular flexibility index (Phi) is 2.38. The predicted octanol–water partition coefficient (Wildman–Crippen LogP) is 3.32. The summed E-state index contributed by atoms with van der Waals surface area (Å²) in [6, 6.07) is 0. The molecule has 0 saturated heterocycles. The van der Waals surface area contributed by atoms with Crippen LogP contribution in [-0.4, -0.2) is 0 Å². The second-order valence-corrected chi connectivity index (χ2v) is 4.48. The normalized spacial score (nSPS) is 34.5. The van der Waals surface area contributed by atoms with Crippen LogP contribution in [0.3, 0.4) is 0 Å². The average molecular weight is 140 g/mol. The molecule has 0 heteroatoms. The maximum atomic E-state index is 2.41. The van der Waals surface area contributed by atoms with Crippen molar-refractivity contribution in [1.29, 1.82) is 0 Å². The largest absolute Gasteiger partial charge is 0.0628 e. The summed E-state index contributed by atoms with van der Waals surface area (Å²) < 4.78 is 0. The summed E-state index contributed by atoms with van der Waals surface area (Å²) in [5.41, 5.74) is 0. The van der Waals surface area contributed by atoms with Crippen LogP contribution in [-0.2, 0) is 0 Å². The minimum Gasteiger partial charge on any atom is -0.0628 e. The van der Waals surface area contributed by atoms with Crippen LogP contribution in [0.15, 0.2) is 0 Å². The Hall–Kier alpha value is 0. The van der Waals surface area contributed by atoms with E-state index in [1.165, 1.54) is 12.8 Å². The third kappa shape index (κ3) is 2.00. The van der Waals surface area contributed by atoms with E-state index in [2.05, 4.69) is 27.7 Å². The Morgan fingerprint density at radius 1 is 1.30 bits per heavy atom. The summed E-state index contributed by atoms with van der Waals surface area (Å²) in [4.78, 5) is 0. The first-order valence-electron chi connectivity index (χ1n) is 4.61. The SMILES string of the molecule is CC(C)CC(C)C1CC1C. The molecule has 0 aliphatic heterocycles. The van der Waals surface area contributed by atoms with Crippen molar-refractivity contribution >= 4 is 0 Å². The van der Waals surface area contributed by atoms with Gasteiger partial charge >= 0.3 is 0 Å². The maximum Gasteiger partial charge on any atom is -0.0360 e. The van der Waals surface area contributed by atoms with Gasteiger partial charge < -0.3 is 0 Å². The zero-order chi connectivity index (χ0) is 7.72. The van der Waals surface area contributed by atoms with Gasteiger partial charge in [-0.1, -0.05) is 27.7 Å². The second kappa shape index (κ2) is 2.94. The van der Waals surface area contributed by atoms with Crippen LogP contribution in [0, 0.1) is 23.7 Å². The molecule has 0 nitrogen and oxygen atoms in total. The monoisotopic (exact) mass is 140 g/mol. The molecule has 1 fully saturated rings. The van der Waals surface area contributed by atoms with Crippen LogP contribution >= 0.6 is 0 Å². The highest BCUT2D eigenvalue weighted by Gasteiger charge is 2.36. The Labute approximate surface area is 65.0 Å². The molecule has 0 radical (unpaired) electrons. The van der Waals surface area contributed by atoms with E-state index in [0.29, 0.717) is 0 Å². The molecule has 0 N–H and O–H groups in total. The number of rotatable bonds is 3. The van der Waals surface area contributed by atoms with Crippen LogP contribution in [0.1, 0.15) is 40.5 Å². The van der Waals surface area contributed by atoms with E-state index in [0.717, 1.165) is 23.7 Å². The first kappa shape index (κ1) is 8.10. The molecule has 1 rings (SSSR count). The summed E-state index contributed by atoms with van der Waals surface area (Å²) in [5.74, 6) is 3.98. The van der Waals surface area contributed by atoms with Crippen LogP contribution in [0.5, 0.6) is 0 Å². The molecule has 0 amide bonds. The molecule has 0 aromatic carbocycles. The molecule has 0 heterocycles. The van der Waals surface area contributed by atoms with Crippen molar-refractivity contribution in [3.63, 3.8) is 0 Å². The van der Waals surface area contributed by atoms with Crippen LogP contribution < -0.4 is 0 Å². The third-order valence-corrected chi connectivity index (χ3v) is 2.75. The lowest BCUT2D eigenvalue weighted by Crippen LogP contribution is -2.02. The minimum atomic E-state index is 0.891. The molecule has 1 aliphatic carbocycles. The van der Waals surface area contributed by atoms with Crippen molar-refractivity contribution in [3.05, 3.63) is 0 Å². The lowest BCUT2D eigenvalue weighted by Gasteiger charge is -2.12. The van der Waals surface area contributed by atoms with Crippen LogP contribution in [0.2, 0.25) is 0 Å². The summed E-state index contributed by atoms with van der Waals surface area (Å²) in [7, 11) is 0. The van der Waals surface area contributed by atoms with E-state index >= 15 is 0 Å². The van der Waals surface area contributed by atoms with Gasteiger partial charge in [-0.3, -0.25) is 0 Å². The smallest absolute Gasteiger partial charge is 0.0360 e. The van der Waals surface area contributed by atoms with E-state index in [1.807, 2.05) is 0 Å². The average Bonchev–Trinajstić information content (AvgIpc) is 2.44. The van der Waals surface area contributed by atoms with E-state index in [9.17, 15) is 0 Å². The molecule has 1 saturated carbocycles. The molecular formula is C10H20. The zero-order valence-electron chi connectivity index (χ0n) is 7.72. The Morgan fingerprint density at radius 3 is 2.10 bits per heavy atom. The molecule has 0 aromatic heterocycles. The van der Waals surface area contributed by atoms with E-state index < -0.39 is 0 Å². The van der Waals surface area contributed by atoms with E-state index in [4.69, 9.17) is 0 Å². The van der Waals surface area contributed by atoms with Crippen molar-refractivity contribution in [2.75, 3.05) is 0 Å². The van der Waals surface area contributed by atoms with Gasteiger partial charge in [0.25, 0.3) is 0 Å². The van der Waals surface area contributed by atoms with E-state index in [1.54, 1.807) is 0 Å². The quantitative estimate of drug-likeness (QED) is 0.564. The lowest BCUT2D eigenvalue weighted by atomic mass is 9.94. The van der Waals surface area contributed by atoms with Gasteiger partial charge in [0.05, 0.1) is 0 Å². The van der Waals surface area contributed by atoms with Gasteiger partial charge in [-0.15, -0.1) is 0 Å². The van der Waals surface area contributed by atoms with Gasteiger partial charge in [0.1, 0.15) is 0 Å². The maximum absolute atomic E-state index is 2.41. The number of hydrogen-bond donors (Lipinski definition) is 0. The molecular weight excluding hydrogens is 120 g/mol. The standard InChI is InChI=1S/C10H20/c1-7(2)5-8(3)10-6-9(10)4/h7-10H,5-6H2,1-4H3. The highest BCUT2D eigenvalue weighted by molar-refractivity contribution is 4.86. The fourth-order valence-electron chi connectivity index (χ4n) is 2.06. The molecule has 0 bridgehead atoms. The van der Waals surface area contributed by atoms with Crippen molar-refractivity contribution in [2.45, 2.75) is 40.5 Å². The molecule has 0 aromatic rings. The second-order valence-electron chi connectivity index (χ2n) is 4.48. The van der Waals surface area contributed by atoms with E-state index in [-0.39, 0.29) is 0 Å². The Balaban J connectivity index is 2.16. The van der Waals surface area contributed by atoms with Gasteiger partial charge in [0.15, 0.2) is 0 Å². The van der Waals surface area contributed by atoms with Crippen molar-refractivity contribution < 1.29 is 0 Å². The highest BCUT2D eigenvalue weighted by atomic mass is 14.4. The fourth-order valence-corrected chi connectivity index (χ4v) is 2.06. The summed E-state index contributed by atoms with van der Waals surface area (Å²) in [5, 5.41) is 0. The first-order valence-corrected chi connectivity index (χ1v) is 4.61. The van der Waals surface area contributed by atoms with Crippen molar-refractivity contribution in [1.82, 2.24) is 0 Å². The summed E-state index contributed by atoms with van der Waals surface area (Å²) in [6.45, 7) is 9.43. The number of hydrogen-bond acceptors (Lipinski definition) is 0. The molecule has 1 aliphatic rings. The highest BCUT2D eigenvalue weighted by Crippen LogP contribution is 2.45. The van der Waals surface area contributed by atoms with Gasteiger partial charge in [0, 0.05) is 0 Å². The topological polar surface area (TPSA) is 0 Å². The Bertz CT molecular complexity index is 105.